The van der Waals surface area contributed by atoms with Crippen molar-refractivity contribution in [2.45, 2.75) is 31.7 Å². The van der Waals surface area contributed by atoms with E-state index in [9.17, 15) is 13.2 Å². The summed E-state index contributed by atoms with van der Waals surface area (Å²) in [6, 6.07) is 7.39. The summed E-state index contributed by atoms with van der Waals surface area (Å²) in [7, 11) is -3.15. The summed E-state index contributed by atoms with van der Waals surface area (Å²) in [6.45, 7) is 6.23. The molecule has 8 heteroatoms. The minimum absolute atomic E-state index is 0.103. The van der Waals surface area contributed by atoms with Crippen LogP contribution in [0.3, 0.4) is 0 Å². The summed E-state index contributed by atoms with van der Waals surface area (Å²) in [4.78, 5) is 16.9. The Kier molecular flexibility index (Phi) is 6.15. The van der Waals surface area contributed by atoms with Crippen LogP contribution in [-0.2, 0) is 21.2 Å². The molecule has 1 amide bonds. The molecule has 2 aliphatic rings. The first-order valence-corrected chi connectivity index (χ1v) is 11.7. The van der Waals surface area contributed by atoms with Crippen LogP contribution in [0.1, 0.15) is 25.3 Å². The minimum atomic E-state index is -3.15. The van der Waals surface area contributed by atoms with Gasteiger partial charge in [-0.15, -0.1) is 0 Å². The number of nitrogens with zero attached hydrogens (tertiary/aromatic N) is 3. The maximum absolute atomic E-state index is 12.6. The maximum atomic E-state index is 12.6. The van der Waals surface area contributed by atoms with Gasteiger partial charge >= 0.3 is 0 Å². The Hall–Kier alpha value is -1.15. The average molecular weight is 414 g/mol. The number of rotatable bonds is 5. The number of hydrogen-bond acceptors (Lipinski definition) is 4. The molecule has 3 rings (SSSR count). The lowest BCUT2D eigenvalue weighted by Gasteiger charge is -2.45. The summed E-state index contributed by atoms with van der Waals surface area (Å²) < 4.78 is 25.4. The van der Waals surface area contributed by atoms with Gasteiger partial charge in [-0.05, 0) is 30.5 Å². The Labute approximate surface area is 167 Å². The van der Waals surface area contributed by atoms with Crippen molar-refractivity contribution in [1.29, 1.82) is 0 Å². The van der Waals surface area contributed by atoms with Crippen LogP contribution >= 0.6 is 11.6 Å². The standard InChI is InChI=1S/C19H28ClN3O3S/c1-3-19(8-9-23(15-19)27(2,25)26)22-12-10-21(11-13-22)18(24)14-16-4-6-17(20)7-5-16/h4-7H,3,8-15H2,1-2H3/t19-/m1/s1. The Morgan fingerprint density at radius 2 is 1.74 bits per heavy atom. The van der Waals surface area contributed by atoms with Crippen LogP contribution in [0.15, 0.2) is 24.3 Å². The smallest absolute Gasteiger partial charge is 0.227 e. The molecule has 27 heavy (non-hydrogen) atoms. The Morgan fingerprint density at radius 1 is 1.11 bits per heavy atom. The van der Waals surface area contributed by atoms with Crippen molar-refractivity contribution in [1.82, 2.24) is 14.1 Å². The zero-order chi connectivity index (χ0) is 19.7. The highest BCUT2D eigenvalue weighted by Gasteiger charge is 2.45. The molecule has 1 atom stereocenters. The van der Waals surface area contributed by atoms with E-state index in [1.807, 2.05) is 17.0 Å². The summed E-state index contributed by atoms with van der Waals surface area (Å²) in [5.74, 6) is 0.131. The van der Waals surface area contributed by atoms with Crippen LogP contribution in [0.5, 0.6) is 0 Å². The minimum Gasteiger partial charge on any atom is -0.340 e. The van der Waals surface area contributed by atoms with Gasteiger partial charge in [-0.25, -0.2) is 12.7 Å². The molecule has 2 fully saturated rings. The van der Waals surface area contributed by atoms with Crippen LogP contribution in [0.2, 0.25) is 5.02 Å². The molecule has 0 radical (unpaired) electrons. The van der Waals surface area contributed by atoms with Gasteiger partial charge in [0.25, 0.3) is 0 Å². The second-order valence-corrected chi connectivity index (χ2v) is 10.0. The van der Waals surface area contributed by atoms with E-state index in [1.165, 1.54) is 6.26 Å². The summed E-state index contributed by atoms with van der Waals surface area (Å²) in [6.07, 6.45) is 3.44. The number of benzene rings is 1. The summed E-state index contributed by atoms with van der Waals surface area (Å²) in [5.41, 5.74) is 0.866. The molecule has 2 saturated heterocycles. The Bertz CT molecular complexity index is 776. The van der Waals surface area contributed by atoms with Gasteiger partial charge in [0.2, 0.25) is 15.9 Å². The fourth-order valence-corrected chi connectivity index (χ4v) is 5.22. The lowest BCUT2D eigenvalue weighted by atomic mass is 9.92. The summed E-state index contributed by atoms with van der Waals surface area (Å²) in [5, 5.41) is 0.671. The molecule has 0 aliphatic carbocycles. The quantitative estimate of drug-likeness (QED) is 0.739. The third-order valence-corrected chi connectivity index (χ3v) is 7.50. The van der Waals surface area contributed by atoms with Gasteiger partial charge < -0.3 is 4.90 Å². The number of piperazine rings is 1. The topological polar surface area (TPSA) is 60.9 Å². The summed E-state index contributed by atoms with van der Waals surface area (Å²) >= 11 is 5.90. The van der Waals surface area contributed by atoms with E-state index in [0.29, 0.717) is 37.6 Å². The third kappa shape index (κ3) is 4.65. The number of halogens is 1. The highest BCUT2D eigenvalue weighted by molar-refractivity contribution is 7.88. The third-order valence-electron chi connectivity index (χ3n) is 6.00. The molecule has 0 unspecified atom stereocenters. The number of carbonyl (C=O) groups is 1. The lowest BCUT2D eigenvalue weighted by Crippen LogP contribution is -2.59. The molecule has 2 aliphatic heterocycles. The van der Waals surface area contributed by atoms with E-state index in [0.717, 1.165) is 31.5 Å². The van der Waals surface area contributed by atoms with Gasteiger partial charge in [-0.3, -0.25) is 9.69 Å². The van der Waals surface area contributed by atoms with Crippen LogP contribution in [0.4, 0.5) is 0 Å². The van der Waals surface area contributed by atoms with Crippen molar-refractivity contribution in [3.05, 3.63) is 34.9 Å². The van der Waals surface area contributed by atoms with Crippen LogP contribution in [0, 0.1) is 0 Å². The second-order valence-electron chi connectivity index (χ2n) is 7.60. The molecule has 150 valence electrons. The molecule has 0 aromatic heterocycles. The highest BCUT2D eigenvalue weighted by atomic mass is 35.5. The molecule has 0 spiro atoms. The molecule has 1 aromatic carbocycles. The van der Waals surface area contributed by atoms with Gasteiger partial charge in [-0.1, -0.05) is 30.7 Å². The predicted octanol–water partition coefficient (Wildman–Crippen LogP) is 1.84. The van der Waals surface area contributed by atoms with Crippen molar-refractivity contribution in [3.8, 4) is 0 Å². The van der Waals surface area contributed by atoms with Crippen LogP contribution in [0.25, 0.3) is 0 Å². The first kappa shape index (κ1) is 20.6. The number of amides is 1. The van der Waals surface area contributed by atoms with E-state index in [-0.39, 0.29) is 11.4 Å². The Balaban J connectivity index is 1.58. The van der Waals surface area contributed by atoms with Crippen molar-refractivity contribution in [2.75, 3.05) is 45.5 Å². The molecular formula is C19H28ClN3O3S. The Morgan fingerprint density at radius 3 is 2.26 bits per heavy atom. The van der Waals surface area contributed by atoms with E-state index in [4.69, 9.17) is 11.6 Å². The van der Waals surface area contributed by atoms with Gasteiger partial charge in [-0.2, -0.15) is 0 Å². The normalized spacial score (nSPS) is 25.1. The largest absolute Gasteiger partial charge is 0.340 e. The monoisotopic (exact) mass is 413 g/mol. The number of sulfonamides is 1. The molecule has 0 bridgehead atoms. The first-order valence-electron chi connectivity index (χ1n) is 9.46. The van der Waals surface area contributed by atoms with Crippen molar-refractivity contribution in [3.63, 3.8) is 0 Å². The second kappa shape index (κ2) is 8.07. The van der Waals surface area contributed by atoms with Gasteiger partial charge in [0, 0.05) is 49.8 Å². The SMILES string of the molecule is CC[C@@]1(N2CCN(C(=O)Cc3ccc(Cl)cc3)CC2)CCN(S(C)(=O)=O)C1. The van der Waals surface area contributed by atoms with E-state index in [1.54, 1.807) is 16.4 Å². The molecule has 2 heterocycles. The highest BCUT2D eigenvalue weighted by Crippen LogP contribution is 2.33. The van der Waals surface area contributed by atoms with Crippen molar-refractivity contribution < 1.29 is 13.2 Å². The average Bonchev–Trinajstić information content (AvgIpc) is 3.10. The number of carbonyl (C=O) groups excluding carboxylic acids is 1. The van der Waals surface area contributed by atoms with Gasteiger partial charge in [0.15, 0.2) is 0 Å². The van der Waals surface area contributed by atoms with Crippen molar-refractivity contribution >= 4 is 27.5 Å². The molecule has 0 saturated carbocycles. The molecular weight excluding hydrogens is 386 g/mol. The number of hydrogen-bond donors (Lipinski definition) is 0. The van der Waals surface area contributed by atoms with Gasteiger partial charge in [0.1, 0.15) is 0 Å². The zero-order valence-corrected chi connectivity index (χ0v) is 17.6. The molecule has 0 N–H and O–H groups in total. The van der Waals surface area contributed by atoms with E-state index < -0.39 is 10.0 Å². The maximum Gasteiger partial charge on any atom is 0.227 e. The first-order chi connectivity index (χ1) is 12.7. The van der Waals surface area contributed by atoms with E-state index in [2.05, 4.69) is 11.8 Å². The predicted molar refractivity (Wildman–Crippen MR) is 107 cm³/mol. The zero-order valence-electron chi connectivity index (χ0n) is 16.0. The van der Waals surface area contributed by atoms with Gasteiger partial charge in [0.05, 0.1) is 12.7 Å². The van der Waals surface area contributed by atoms with Crippen LogP contribution in [-0.4, -0.2) is 79.5 Å². The van der Waals surface area contributed by atoms with Crippen LogP contribution < -0.4 is 0 Å². The fraction of sp³-hybridized carbons (Fsp3) is 0.632. The van der Waals surface area contributed by atoms with E-state index >= 15 is 0 Å². The fourth-order valence-electron chi connectivity index (χ4n) is 4.19. The lowest BCUT2D eigenvalue weighted by molar-refractivity contribution is -0.133. The molecule has 6 nitrogen and oxygen atoms in total. The van der Waals surface area contributed by atoms with Crippen molar-refractivity contribution in [2.24, 2.45) is 0 Å². The molecule has 1 aromatic rings.